The van der Waals surface area contributed by atoms with Crippen molar-refractivity contribution in [2.75, 3.05) is 0 Å². The van der Waals surface area contributed by atoms with Gasteiger partial charge in [-0.3, -0.25) is 9.48 Å². The molecule has 1 unspecified atom stereocenters. The van der Waals surface area contributed by atoms with Gasteiger partial charge in [0.05, 0.1) is 5.69 Å². The first kappa shape index (κ1) is 11.1. The molecule has 0 radical (unpaired) electrons. The van der Waals surface area contributed by atoms with Crippen molar-refractivity contribution < 1.29 is 9.90 Å². The molecule has 1 aromatic heterocycles. The zero-order valence-electron chi connectivity index (χ0n) is 9.44. The van der Waals surface area contributed by atoms with Crippen LogP contribution < -0.4 is 5.73 Å². The monoisotopic (exact) mass is 223 g/mol. The molecule has 0 aliphatic heterocycles. The summed E-state index contributed by atoms with van der Waals surface area (Å²) >= 11 is 0. The average Bonchev–Trinajstić information content (AvgIpc) is 2.79. The van der Waals surface area contributed by atoms with Crippen molar-refractivity contribution in [1.82, 2.24) is 9.78 Å². The lowest BCUT2D eigenvalue weighted by Gasteiger charge is -2.08. The van der Waals surface area contributed by atoms with Gasteiger partial charge in [0.1, 0.15) is 0 Å². The maximum atomic E-state index is 10.5. The number of aryl methyl sites for hydroxylation is 1. The number of carboxylic acids is 1. The number of fused-ring (bicyclic) bond motifs is 1. The fraction of sp³-hybridized carbons (Fsp3) is 0.636. The molecule has 16 heavy (non-hydrogen) atoms. The molecule has 1 aliphatic carbocycles. The van der Waals surface area contributed by atoms with Gasteiger partial charge in [-0.05, 0) is 31.2 Å². The van der Waals surface area contributed by atoms with E-state index >= 15 is 0 Å². The van der Waals surface area contributed by atoms with Crippen LogP contribution in [0.15, 0.2) is 0 Å². The van der Waals surface area contributed by atoms with Crippen LogP contribution in [0.1, 0.15) is 42.3 Å². The zero-order chi connectivity index (χ0) is 11.7. The third-order valence-corrected chi connectivity index (χ3v) is 3.17. The molecule has 5 nitrogen and oxygen atoms in total. The first-order chi connectivity index (χ1) is 7.59. The van der Waals surface area contributed by atoms with Crippen LogP contribution in [0.4, 0.5) is 0 Å². The molecule has 1 atom stereocenters. The molecule has 1 aromatic rings. The predicted molar refractivity (Wildman–Crippen MR) is 59.0 cm³/mol. The van der Waals surface area contributed by atoms with Crippen LogP contribution in [-0.2, 0) is 24.7 Å². The summed E-state index contributed by atoms with van der Waals surface area (Å²) in [6, 6.07) is -0.246. The second-order valence-corrected chi connectivity index (χ2v) is 4.33. The number of nitrogens with two attached hydrogens (primary N) is 1. The van der Waals surface area contributed by atoms with E-state index in [-0.39, 0.29) is 12.5 Å². The highest BCUT2D eigenvalue weighted by molar-refractivity contribution is 5.66. The van der Waals surface area contributed by atoms with E-state index in [4.69, 9.17) is 10.8 Å². The number of aliphatic carboxylic acids is 1. The molecular weight excluding hydrogens is 206 g/mol. The number of hydrogen-bond acceptors (Lipinski definition) is 3. The standard InChI is InChI=1S/C11H17N3O2/c1-14-9-4-2-3-7(9)11(13-14)8(12)5-6-10(15)16/h8H,2-6,12H2,1H3,(H,15,16). The Kier molecular flexibility index (Phi) is 2.96. The maximum absolute atomic E-state index is 10.5. The fourth-order valence-corrected chi connectivity index (χ4v) is 2.36. The van der Waals surface area contributed by atoms with Crippen molar-refractivity contribution in [3.63, 3.8) is 0 Å². The van der Waals surface area contributed by atoms with Gasteiger partial charge in [-0.25, -0.2) is 0 Å². The fourth-order valence-electron chi connectivity index (χ4n) is 2.36. The second kappa shape index (κ2) is 4.25. The molecule has 3 N–H and O–H groups in total. The van der Waals surface area contributed by atoms with E-state index in [9.17, 15) is 4.79 Å². The topological polar surface area (TPSA) is 81.1 Å². The van der Waals surface area contributed by atoms with Crippen LogP contribution in [0, 0.1) is 0 Å². The summed E-state index contributed by atoms with van der Waals surface area (Å²) in [5.41, 5.74) is 9.40. The van der Waals surface area contributed by atoms with E-state index in [0.29, 0.717) is 6.42 Å². The quantitative estimate of drug-likeness (QED) is 0.790. The van der Waals surface area contributed by atoms with Gasteiger partial charge < -0.3 is 10.8 Å². The van der Waals surface area contributed by atoms with Gasteiger partial charge >= 0.3 is 5.97 Å². The number of aromatic nitrogens is 2. The molecular formula is C11H17N3O2. The summed E-state index contributed by atoms with van der Waals surface area (Å²) in [5, 5.41) is 13.0. The van der Waals surface area contributed by atoms with Crippen LogP contribution in [-0.4, -0.2) is 20.9 Å². The zero-order valence-corrected chi connectivity index (χ0v) is 9.44. The third kappa shape index (κ3) is 1.95. The van der Waals surface area contributed by atoms with Crippen LogP contribution in [0.3, 0.4) is 0 Å². The van der Waals surface area contributed by atoms with Gasteiger partial charge in [0.25, 0.3) is 0 Å². The molecule has 0 spiro atoms. The van der Waals surface area contributed by atoms with Crippen molar-refractivity contribution in [3.8, 4) is 0 Å². The molecule has 0 bridgehead atoms. The number of hydrogen-bond donors (Lipinski definition) is 2. The van der Waals surface area contributed by atoms with Crippen molar-refractivity contribution in [2.45, 2.75) is 38.1 Å². The Morgan fingerprint density at radius 1 is 1.62 bits per heavy atom. The van der Waals surface area contributed by atoms with E-state index in [1.807, 2.05) is 11.7 Å². The minimum atomic E-state index is -0.803. The first-order valence-electron chi connectivity index (χ1n) is 5.61. The van der Waals surface area contributed by atoms with E-state index in [1.165, 1.54) is 11.3 Å². The average molecular weight is 223 g/mol. The first-order valence-corrected chi connectivity index (χ1v) is 5.61. The van der Waals surface area contributed by atoms with Crippen molar-refractivity contribution in [3.05, 3.63) is 17.0 Å². The molecule has 88 valence electrons. The van der Waals surface area contributed by atoms with Crippen LogP contribution in [0.2, 0.25) is 0 Å². The number of rotatable bonds is 4. The molecule has 0 saturated carbocycles. The summed E-state index contributed by atoms with van der Waals surface area (Å²) in [5.74, 6) is -0.803. The predicted octanol–water partition coefficient (Wildman–Crippen LogP) is 0.773. The normalized spacial score (nSPS) is 16.1. The van der Waals surface area contributed by atoms with E-state index in [1.54, 1.807) is 0 Å². The Morgan fingerprint density at radius 3 is 3.06 bits per heavy atom. The minimum Gasteiger partial charge on any atom is -0.481 e. The molecule has 0 amide bonds. The van der Waals surface area contributed by atoms with Crippen LogP contribution >= 0.6 is 0 Å². The SMILES string of the molecule is Cn1nc(C(N)CCC(=O)O)c2c1CCC2. The lowest BCUT2D eigenvalue weighted by molar-refractivity contribution is -0.137. The molecule has 0 fully saturated rings. The highest BCUT2D eigenvalue weighted by Crippen LogP contribution is 2.29. The van der Waals surface area contributed by atoms with Gasteiger partial charge in [-0.1, -0.05) is 0 Å². The van der Waals surface area contributed by atoms with Gasteiger partial charge in [0, 0.05) is 25.2 Å². The van der Waals surface area contributed by atoms with Gasteiger partial charge in [0.15, 0.2) is 0 Å². The lowest BCUT2D eigenvalue weighted by Crippen LogP contribution is -2.14. The Hall–Kier alpha value is -1.36. The molecule has 0 aromatic carbocycles. The van der Waals surface area contributed by atoms with Crippen LogP contribution in [0.25, 0.3) is 0 Å². The molecule has 1 heterocycles. The third-order valence-electron chi connectivity index (χ3n) is 3.17. The van der Waals surface area contributed by atoms with Crippen LogP contribution in [0.5, 0.6) is 0 Å². The van der Waals surface area contributed by atoms with Gasteiger partial charge in [-0.2, -0.15) is 5.10 Å². The number of carbonyl (C=O) groups is 1. The van der Waals surface area contributed by atoms with Gasteiger partial charge in [0.2, 0.25) is 0 Å². The van der Waals surface area contributed by atoms with Gasteiger partial charge in [-0.15, -0.1) is 0 Å². The van der Waals surface area contributed by atoms with Crippen molar-refractivity contribution >= 4 is 5.97 Å². The maximum Gasteiger partial charge on any atom is 0.303 e. The van der Waals surface area contributed by atoms with E-state index in [2.05, 4.69) is 5.10 Å². The van der Waals surface area contributed by atoms with Crippen molar-refractivity contribution in [2.24, 2.45) is 12.8 Å². The summed E-state index contributed by atoms with van der Waals surface area (Å²) in [7, 11) is 1.93. The Bertz CT molecular complexity index is 412. The number of nitrogens with zero attached hydrogens (tertiary/aromatic N) is 2. The summed E-state index contributed by atoms with van der Waals surface area (Å²) < 4.78 is 1.89. The summed E-state index contributed by atoms with van der Waals surface area (Å²) in [6.45, 7) is 0. The van der Waals surface area contributed by atoms with Crippen molar-refractivity contribution in [1.29, 1.82) is 0 Å². The molecule has 2 rings (SSSR count). The summed E-state index contributed by atoms with van der Waals surface area (Å²) in [6.07, 6.45) is 3.80. The second-order valence-electron chi connectivity index (χ2n) is 4.33. The molecule has 0 saturated heterocycles. The summed E-state index contributed by atoms with van der Waals surface area (Å²) in [4.78, 5) is 10.5. The lowest BCUT2D eigenvalue weighted by atomic mass is 10.0. The molecule has 1 aliphatic rings. The Balaban J connectivity index is 2.14. The number of carboxylic acid groups (broad SMARTS) is 1. The Morgan fingerprint density at radius 2 is 2.38 bits per heavy atom. The highest BCUT2D eigenvalue weighted by Gasteiger charge is 2.24. The van der Waals surface area contributed by atoms with E-state index < -0.39 is 5.97 Å². The molecule has 5 heteroatoms. The minimum absolute atomic E-state index is 0.104. The smallest absolute Gasteiger partial charge is 0.303 e. The Labute approximate surface area is 94.2 Å². The van der Waals surface area contributed by atoms with E-state index in [0.717, 1.165) is 25.0 Å². The highest BCUT2D eigenvalue weighted by atomic mass is 16.4. The largest absolute Gasteiger partial charge is 0.481 e.